The van der Waals surface area contributed by atoms with E-state index in [0.717, 1.165) is 26.1 Å². The lowest BCUT2D eigenvalue weighted by atomic mass is 10.2. The van der Waals surface area contributed by atoms with E-state index in [1.165, 1.54) is 6.42 Å². The van der Waals surface area contributed by atoms with E-state index in [4.69, 9.17) is 5.11 Å². The first-order valence-electron chi connectivity index (χ1n) is 3.98. The van der Waals surface area contributed by atoms with Gasteiger partial charge in [0.15, 0.2) is 0 Å². The van der Waals surface area contributed by atoms with Gasteiger partial charge in [0.2, 0.25) is 0 Å². The molecule has 0 aromatic rings. The molecule has 0 aliphatic carbocycles. The molecule has 0 bridgehead atoms. The van der Waals surface area contributed by atoms with Crippen molar-refractivity contribution < 1.29 is 5.11 Å². The van der Waals surface area contributed by atoms with Crippen LogP contribution in [0.5, 0.6) is 0 Å². The molecular formula is C7H16N2O. The fourth-order valence-corrected chi connectivity index (χ4v) is 1.23. The maximum absolute atomic E-state index is 8.64. The van der Waals surface area contributed by atoms with Crippen molar-refractivity contribution in [2.24, 2.45) is 0 Å². The van der Waals surface area contributed by atoms with Crippen molar-refractivity contribution >= 4 is 0 Å². The molecule has 0 spiro atoms. The van der Waals surface area contributed by atoms with Crippen LogP contribution >= 0.6 is 0 Å². The normalized spacial score (nSPS) is 27.9. The summed E-state index contributed by atoms with van der Waals surface area (Å²) in [5.74, 6) is 0. The minimum atomic E-state index is 0.291. The van der Waals surface area contributed by atoms with Crippen molar-refractivity contribution in [3.05, 3.63) is 0 Å². The molecule has 3 heteroatoms. The second-order valence-electron chi connectivity index (χ2n) is 2.72. The standard InChI is InChI=1S/C7H16N2O/c10-5-2-7-6-8-3-1-4-9-7/h7-10H,1-6H2/t7-/m1/s1. The summed E-state index contributed by atoms with van der Waals surface area (Å²) >= 11 is 0. The second-order valence-corrected chi connectivity index (χ2v) is 2.72. The first-order valence-corrected chi connectivity index (χ1v) is 3.98. The van der Waals surface area contributed by atoms with E-state index >= 15 is 0 Å². The molecule has 1 aliphatic rings. The average molecular weight is 144 g/mol. The first-order chi connectivity index (χ1) is 4.93. The van der Waals surface area contributed by atoms with Gasteiger partial charge in [-0.3, -0.25) is 0 Å². The molecule has 3 nitrogen and oxygen atoms in total. The van der Waals surface area contributed by atoms with E-state index < -0.39 is 0 Å². The van der Waals surface area contributed by atoms with Gasteiger partial charge >= 0.3 is 0 Å². The molecule has 0 radical (unpaired) electrons. The number of rotatable bonds is 2. The fourth-order valence-electron chi connectivity index (χ4n) is 1.23. The molecule has 3 N–H and O–H groups in total. The van der Waals surface area contributed by atoms with Crippen molar-refractivity contribution in [3.8, 4) is 0 Å². The molecule has 0 saturated carbocycles. The predicted octanol–water partition coefficient (Wildman–Crippen LogP) is -0.680. The van der Waals surface area contributed by atoms with Gasteiger partial charge in [-0.15, -0.1) is 0 Å². The van der Waals surface area contributed by atoms with Crippen LogP contribution < -0.4 is 10.6 Å². The van der Waals surface area contributed by atoms with E-state index in [1.807, 2.05) is 0 Å². The Hall–Kier alpha value is -0.120. The number of hydrogen-bond acceptors (Lipinski definition) is 3. The van der Waals surface area contributed by atoms with Crippen LogP contribution in [0.4, 0.5) is 0 Å². The van der Waals surface area contributed by atoms with Gasteiger partial charge < -0.3 is 15.7 Å². The Morgan fingerprint density at radius 2 is 2.30 bits per heavy atom. The number of nitrogens with one attached hydrogen (secondary N) is 2. The van der Waals surface area contributed by atoms with Crippen molar-refractivity contribution in [1.82, 2.24) is 10.6 Å². The van der Waals surface area contributed by atoms with E-state index in [2.05, 4.69) is 10.6 Å². The van der Waals surface area contributed by atoms with Crippen LogP contribution in [0.25, 0.3) is 0 Å². The van der Waals surface area contributed by atoms with Crippen LogP contribution in [0.1, 0.15) is 12.8 Å². The van der Waals surface area contributed by atoms with Crippen LogP contribution in [0.3, 0.4) is 0 Å². The molecule has 0 aromatic heterocycles. The van der Waals surface area contributed by atoms with Gasteiger partial charge in [-0.25, -0.2) is 0 Å². The zero-order valence-electron chi connectivity index (χ0n) is 6.27. The number of hydrogen-bond donors (Lipinski definition) is 3. The Morgan fingerprint density at radius 3 is 3.10 bits per heavy atom. The van der Waals surface area contributed by atoms with Gasteiger partial charge in [-0.2, -0.15) is 0 Å². The van der Waals surface area contributed by atoms with Gasteiger partial charge in [0.05, 0.1) is 0 Å². The highest BCUT2D eigenvalue weighted by atomic mass is 16.3. The van der Waals surface area contributed by atoms with Gasteiger partial charge in [-0.05, 0) is 25.9 Å². The molecule has 60 valence electrons. The largest absolute Gasteiger partial charge is 0.396 e. The highest BCUT2D eigenvalue weighted by Gasteiger charge is 2.08. The zero-order valence-corrected chi connectivity index (χ0v) is 6.27. The monoisotopic (exact) mass is 144 g/mol. The molecule has 0 amide bonds. The fraction of sp³-hybridized carbons (Fsp3) is 1.00. The molecule has 1 rings (SSSR count). The Kier molecular flexibility index (Phi) is 3.72. The number of aliphatic hydroxyl groups is 1. The van der Waals surface area contributed by atoms with Gasteiger partial charge in [0.25, 0.3) is 0 Å². The summed E-state index contributed by atoms with van der Waals surface area (Å²) in [6, 6.07) is 0.479. The summed E-state index contributed by atoms with van der Waals surface area (Å²) < 4.78 is 0. The molecule has 1 heterocycles. The molecular weight excluding hydrogens is 128 g/mol. The summed E-state index contributed by atoms with van der Waals surface area (Å²) in [6.45, 7) is 3.48. The molecule has 0 unspecified atom stereocenters. The Morgan fingerprint density at radius 1 is 1.40 bits per heavy atom. The summed E-state index contributed by atoms with van der Waals surface area (Å²) in [6.07, 6.45) is 2.06. The van der Waals surface area contributed by atoms with Crippen LogP contribution in [0.15, 0.2) is 0 Å². The maximum atomic E-state index is 8.64. The minimum absolute atomic E-state index is 0.291. The van der Waals surface area contributed by atoms with E-state index in [9.17, 15) is 0 Å². The summed E-state index contributed by atoms with van der Waals surface area (Å²) in [4.78, 5) is 0. The molecule has 1 aliphatic heterocycles. The minimum Gasteiger partial charge on any atom is -0.396 e. The van der Waals surface area contributed by atoms with Gasteiger partial charge in [-0.1, -0.05) is 0 Å². The highest BCUT2D eigenvalue weighted by molar-refractivity contribution is 4.72. The summed E-state index contributed by atoms with van der Waals surface area (Å²) in [5, 5.41) is 15.3. The molecule has 10 heavy (non-hydrogen) atoms. The SMILES string of the molecule is OCC[C@@H]1CNCCCN1. The third-order valence-corrected chi connectivity index (χ3v) is 1.83. The smallest absolute Gasteiger partial charge is 0.0446 e. The maximum Gasteiger partial charge on any atom is 0.0446 e. The zero-order chi connectivity index (χ0) is 7.23. The summed E-state index contributed by atoms with van der Waals surface area (Å²) in [7, 11) is 0. The average Bonchev–Trinajstić information content (AvgIpc) is 2.17. The third kappa shape index (κ3) is 2.64. The van der Waals surface area contributed by atoms with Gasteiger partial charge in [0, 0.05) is 19.2 Å². The molecule has 0 aromatic carbocycles. The molecule has 1 atom stereocenters. The second kappa shape index (κ2) is 4.66. The van der Waals surface area contributed by atoms with E-state index in [-0.39, 0.29) is 0 Å². The lowest BCUT2D eigenvalue weighted by Crippen LogP contribution is -2.35. The summed E-state index contributed by atoms with van der Waals surface area (Å²) in [5.41, 5.74) is 0. The predicted molar refractivity (Wildman–Crippen MR) is 41.0 cm³/mol. The van der Waals surface area contributed by atoms with Crippen LogP contribution in [-0.4, -0.2) is 37.4 Å². The Labute approximate surface area is 61.8 Å². The first kappa shape index (κ1) is 7.98. The van der Waals surface area contributed by atoms with Crippen molar-refractivity contribution in [2.75, 3.05) is 26.2 Å². The highest BCUT2D eigenvalue weighted by Crippen LogP contribution is 1.92. The lowest BCUT2D eigenvalue weighted by Gasteiger charge is -2.13. The van der Waals surface area contributed by atoms with Crippen molar-refractivity contribution in [2.45, 2.75) is 18.9 Å². The van der Waals surface area contributed by atoms with Crippen LogP contribution in [0, 0.1) is 0 Å². The lowest BCUT2D eigenvalue weighted by molar-refractivity contribution is 0.266. The Balaban J connectivity index is 2.15. The van der Waals surface area contributed by atoms with E-state index in [0.29, 0.717) is 12.6 Å². The third-order valence-electron chi connectivity index (χ3n) is 1.83. The quantitative estimate of drug-likeness (QED) is 0.481. The van der Waals surface area contributed by atoms with Crippen molar-refractivity contribution in [3.63, 3.8) is 0 Å². The van der Waals surface area contributed by atoms with Gasteiger partial charge in [0.1, 0.15) is 0 Å². The van der Waals surface area contributed by atoms with Crippen molar-refractivity contribution in [1.29, 1.82) is 0 Å². The van der Waals surface area contributed by atoms with E-state index in [1.54, 1.807) is 0 Å². The molecule has 1 saturated heterocycles. The van der Waals surface area contributed by atoms with Crippen LogP contribution in [-0.2, 0) is 0 Å². The molecule has 1 fully saturated rings. The number of aliphatic hydroxyl groups excluding tert-OH is 1. The topological polar surface area (TPSA) is 44.3 Å². The van der Waals surface area contributed by atoms with Crippen LogP contribution in [0.2, 0.25) is 0 Å². The Bertz CT molecular complexity index is 79.7.